The van der Waals surface area contributed by atoms with Crippen molar-refractivity contribution in [1.82, 2.24) is 5.32 Å². The van der Waals surface area contributed by atoms with Crippen molar-refractivity contribution in [2.45, 2.75) is 18.6 Å². The van der Waals surface area contributed by atoms with Crippen LogP contribution in [0, 0.1) is 0 Å². The minimum Gasteiger partial charge on any atom is -0.477 e. The van der Waals surface area contributed by atoms with Crippen molar-refractivity contribution >= 4 is 17.6 Å². The number of hydrogen-bond donors (Lipinski definition) is 2. The average molecular weight is 258 g/mol. The van der Waals surface area contributed by atoms with Crippen LogP contribution in [0.4, 0.5) is 0 Å². The summed E-state index contributed by atoms with van der Waals surface area (Å²) in [6.07, 6.45) is -1.08. The van der Waals surface area contributed by atoms with Crippen molar-refractivity contribution in [3.8, 4) is 0 Å². The van der Waals surface area contributed by atoms with E-state index in [-0.39, 0.29) is 18.2 Å². The van der Waals surface area contributed by atoms with Crippen LogP contribution in [0.5, 0.6) is 0 Å². The van der Waals surface area contributed by atoms with E-state index in [1.54, 1.807) is 0 Å². The Morgan fingerprint density at radius 2 is 2.28 bits per heavy atom. The summed E-state index contributed by atoms with van der Waals surface area (Å²) < 4.78 is 10.5. The molecular formula is C10H14N2O6. The summed E-state index contributed by atoms with van der Waals surface area (Å²) in [5.41, 5.74) is -0.146. The molecule has 1 amide bonds. The van der Waals surface area contributed by atoms with Crippen molar-refractivity contribution in [3.63, 3.8) is 0 Å². The van der Waals surface area contributed by atoms with Crippen LogP contribution < -0.4 is 5.32 Å². The predicted octanol–water partition coefficient (Wildman–Crippen LogP) is -1.25. The average Bonchev–Trinajstić information content (AvgIpc) is 2.87. The summed E-state index contributed by atoms with van der Waals surface area (Å²) in [7, 11) is 0. The first-order valence-corrected chi connectivity index (χ1v) is 5.60. The topological polar surface area (TPSA) is 106 Å². The lowest BCUT2D eigenvalue weighted by Gasteiger charge is -2.23. The molecule has 100 valence electrons. The lowest BCUT2D eigenvalue weighted by atomic mass is 10.1. The summed E-state index contributed by atoms with van der Waals surface area (Å²) in [6.45, 7) is 1.81. The molecule has 18 heavy (non-hydrogen) atoms. The summed E-state index contributed by atoms with van der Waals surface area (Å²) in [4.78, 5) is 27.0. The van der Waals surface area contributed by atoms with Crippen molar-refractivity contribution in [1.29, 1.82) is 0 Å². The third-order valence-electron chi connectivity index (χ3n) is 2.60. The molecule has 2 atom stereocenters. The molecule has 8 nitrogen and oxygen atoms in total. The van der Waals surface area contributed by atoms with E-state index in [1.807, 2.05) is 0 Å². The van der Waals surface area contributed by atoms with Gasteiger partial charge < -0.3 is 24.7 Å². The van der Waals surface area contributed by atoms with E-state index >= 15 is 0 Å². The zero-order chi connectivity index (χ0) is 13.0. The number of nitrogens with one attached hydrogen (secondary N) is 1. The Kier molecular flexibility index (Phi) is 4.11. The number of aliphatic carboxylic acids is 1. The molecular weight excluding hydrogens is 244 g/mol. The Hall–Kier alpha value is -1.67. The number of carboxylic acid groups (broad SMARTS) is 1. The molecule has 0 aliphatic carbocycles. The Labute approximate surface area is 103 Å². The van der Waals surface area contributed by atoms with Gasteiger partial charge in [0, 0.05) is 13.0 Å². The van der Waals surface area contributed by atoms with Gasteiger partial charge in [0.15, 0.2) is 5.71 Å². The normalized spacial score (nSPS) is 27.2. The van der Waals surface area contributed by atoms with E-state index in [1.165, 1.54) is 0 Å². The van der Waals surface area contributed by atoms with E-state index in [0.717, 1.165) is 0 Å². The molecule has 2 unspecified atom stereocenters. The minimum absolute atomic E-state index is 0.0246. The molecule has 0 aromatic heterocycles. The smallest absolute Gasteiger partial charge is 0.353 e. The number of amides is 1. The summed E-state index contributed by atoms with van der Waals surface area (Å²) in [6, 6.07) is 0. The first kappa shape index (κ1) is 12.8. The lowest BCUT2D eigenvalue weighted by Crippen LogP contribution is -2.43. The number of ether oxygens (including phenoxy) is 2. The van der Waals surface area contributed by atoms with Gasteiger partial charge in [0.05, 0.1) is 25.9 Å². The van der Waals surface area contributed by atoms with Gasteiger partial charge in [-0.3, -0.25) is 4.79 Å². The van der Waals surface area contributed by atoms with Crippen LogP contribution in [0.25, 0.3) is 0 Å². The molecule has 8 heteroatoms. The van der Waals surface area contributed by atoms with E-state index in [0.29, 0.717) is 26.4 Å². The minimum atomic E-state index is -1.17. The monoisotopic (exact) mass is 258 g/mol. The first-order chi connectivity index (χ1) is 8.66. The maximum absolute atomic E-state index is 11.7. The molecule has 0 spiro atoms. The molecule has 0 aromatic rings. The van der Waals surface area contributed by atoms with Crippen molar-refractivity contribution in [3.05, 3.63) is 0 Å². The molecule has 2 rings (SSSR count). The maximum Gasteiger partial charge on any atom is 0.353 e. The van der Waals surface area contributed by atoms with Crippen LogP contribution in [-0.2, 0) is 23.9 Å². The second-order valence-electron chi connectivity index (χ2n) is 3.95. The third-order valence-corrected chi connectivity index (χ3v) is 2.60. The zero-order valence-corrected chi connectivity index (χ0v) is 9.63. The number of hydrogen-bond acceptors (Lipinski definition) is 6. The maximum atomic E-state index is 11.7. The zero-order valence-electron chi connectivity index (χ0n) is 9.63. The van der Waals surface area contributed by atoms with Crippen LogP contribution in [0.15, 0.2) is 5.16 Å². The summed E-state index contributed by atoms with van der Waals surface area (Å²) in [5.74, 6) is -1.57. The van der Waals surface area contributed by atoms with E-state index in [4.69, 9.17) is 19.4 Å². The van der Waals surface area contributed by atoms with Crippen molar-refractivity contribution in [2.24, 2.45) is 5.16 Å². The lowest BCUT2D eigenvalue weighted by molar-refractivity contribution is -0.133. The van der Waals surface area contributed by atoms with Gasteiger partial charge in [0.2, 0.25) is 6.10 Å². The van der Waals surface area contributed by atoms with Gasteiger partial charge in [-0.25, -0.2) is 4.79 Å². The van der Waals surface area contributed by atoms with Crippen LogP contribution >= 0.6 is 0 Å². The van der Waals surface area contributed by atoms with E-state index < -0.39 is 18.0 Å². The fourth-order valence-electron chi connectivity index (χ4n) is 1.63. The highest BCUT2D eigenvalue weighted by Crippen LogP contribution is 2.11. The fraction of sp³-hybridized carbons (Fsp3) is 0.700. The standard InChI is InChI=1S/C10H14N2O6/c13-9(8-3-7(10(14)15)12-18-8)11-4-6-5-16-1-2-17-6/h6,8H,1-5H2,(H,11,13)(H,14,15). The van der Waals surface area contributed by atoms with Crippen molar-refractivity contribution < 1.29 is 29.0 Å². The third kappa shape index (κ3) is 3.17. The van der Waals surface area contributed by atoms with Crippen LogP contribution in [0.1, 0.15) is 6.42 Å². The Morgan fingerprint density at radius 3 is 2.89 bits per heavy atom. The number of oxime groups is 1. The van der Waals surface area contributed by atoms with Crippen LogP contribution in [0.2, 0.25) is 0 Å². The number of nitrogens with zero attached hydrogens (tertiary/aromatic N) is 1. The van der Waals surface area contributed by atoms with Gasteiger partial charge in [0.25, 0.3) is 5.91 Å². The van der Waals surface area contributed by atoms with Gasteiger partial charge in [-0.2, -0.15) is 0 Å². The number of carboxylic acids is 1. The van der Waals surface area contributed by atoms with Crippen LogP contribution in [0.3, 0.4) is 0 Å². The summed E-state index contributed by atoms with van der Waals surface area (Å²) in [5, 5.41) is 14.6. The van der Waals surface area contributed by atoms with Gasteiger partial charge >= 0.3 is 5.97 Å². The molecule has 0 saturated carbocycles. The van der Waals surface area contributed by atoms with Gasteiger partial charge in [-0.1, -0.05) is 5.16 Å². The quantitative estimate of drug-likeness (QED) is 0.652. The fourth-order valence-corrected chi connectivity index (χ4v) is 1.63. The second-order valence-corrected chi connectivity index (χ2v) is 3.95. The second kappa shape index (κ2) is 5.78. The predicted molar refractivity (Wildman–Crippen MR) is 58.1 cm³/mol. The molecule has 0 radical (unpaired) electrons. The van der Waals surface area contributed by atoms with E-state index in [2.05, 4.69) is 10.5 Å². The van der Waals surface area contributed by atoms with Gasteiger partial charge in [0.1, 0.15) is 0 Å². The highest BCUT2D eigenvalue weighted by molar-refractivity contribution is 6.36. The first-order valence-electron chi connectivity index (χ1n) is 5.60. The van der Waals surface area contributed by atoms with Gasteiger partial charge in [-0.15, -0.1) is 0 Å². The molecule has 2 N–H and O–H groups in total. The van der Waals surface area contributed by atoms with E-state index in [9.17, 15) is 9.59 Å². The highest BCUT2D eigenvalue weighted by atomic mass is 16.6. The Balaban J connectivity index is 1.71. The molecule has 2 heterocycles. The van der Waals surface area contributed by atoms with Gasteiger partial charge in [-0.05, 0) is 0 Å². The van der Waals surface area contributed by atoms with Crippen LogP contribution in [-0.4, -0.2) is 61.3 Å². The number of rotatable bonds is 4. The Morgan fingerprint density at radius 1 is 1.44 bits per heavy atom. The number of carbonyl (C=O) groups excluding carboxylic acids is 1. The van der Waals surface area contributed by atoms with Crippen molar-refractivity contribution in [2.75, 3.05) is 26.4 Å². The molecule has 0 aromatic carbocycles. The number of carbonyl (C=O) groups is 2. The molecule has 1 fully saturated rings. The largest absolute Gasteiger partial charge is 0.477 e. The highest BCUT2D eigenvalue weighted by Gasteiger charge is 2.31. The molecule has 2 aliphatic heterocycles. The Bertz CT molecular complexity index is 363. The summed E-state index contributed by atoms with van der Waals surface area (Å²) >= 11 is 0. The molecule has 2 aliphatic rings. The molecule has 0 bridgehead atoms. The SMILES string of the molecule is O=C(O)C1=NOC(C(=O)NCC2COCCO2)C1. The molecule has 1 saturated heterocycles.